The van der Waals surface area contributed by atoms with E-state index >= 15 is 0 Å². The van der Waals surface area contributed by atoms with Gasteiger partial charge in [-0.1, -0.05) is 22.0 Å². The fourth-order valence-electron chi connectivity index (χ4n) is 2.60. The topological polar surface area (TPSA) is 26.0 Å². The minimum atomic E-state index is -2.52. The van der Waals surface area contributed by atoms with Crippen LogP contribution in [0.2, 0.25) is 0 Å². The molecule has 106 valence electrons. The van der Waals surface area contributed by atoms with Crippen LogP contribution < -0.4 is 5.73 Å². The highest BCUT2D eigenvalue weighted by Gasteiger charge is 2.36. The maximum absolute atomic E-state index is 13.1. The quantitative estimate of drug-likeness (QED) is 0.876. The number of nitrogens with two attached hydrogens (primary N) is 1. The van der Waals surface area contributed by atoms with Gasteiger partial charge in [0.25, 0.3) is 0 Å². The Morgan fingerprint density at radius 1 is 1.32 bits per heavy atom. The third-order valence-electron chi connectivity index (χ3n) is 3.84. The van der Waals surface area contributed by atoms with Crippen molar-refractivity contribution in [3.8, 4) is 0 Å². The average Bonchev–Trinajstić information content (AvgIpc) is 2.32. The van der Waals surface area contributed by atoms with Crippen molar-refractivity contribution in [3.05, 3.63) is 34.1 Å². The monoisotopic (exact) mass is 335 g/mol. The van der Waals surface area contributed by atoms with E-state index in [2.05, 4.69) is 15.9 Å². The standard InChI is InChI=1S/C14H17BrF3N/c15-12-8-11(16)2-1-10(12)7-13(19)9-3-5-14(17,18)6-4-9/h1-2,8-9,13H,3-7,19H2. The molecule has 0 spiro atoms. The molecule has 0 amide bonds. The molecule has 19 heavy (non-hydrogen) atoms. The molecule has 1 atom stereocenters. The maximum atomic E-state index is 13.1. The van der Waals surface area contributed by atoms with E-state index in [1.165, 1.54) is 12.1 Å². The molecule has 1 unspecified atom stereocenters. The van der Waals surface area contributed by atoms with Crippen molar-refractivity contribution >= 4 is 15.9 Å². The zero-order chi connectivity index (χ0) is 14.0. The smallest absolute Gasteiger partial charge is 0.248 e. The molecule has 1 fully saturated rings. The average molecular weight is 336 g/mol. The number of hydrogen-bond acceptors (Lipinski definition) is 1. The second-order valence-electron chi connectivity index (χ2n) is 5.30. The summed E-state index contributed by atoms with van der Waals surface area (Å²) in [5.41, 5.74) is 7.04. The predicted molar refractivity (Wildman–Crippen MR) is 72.7 cm³/mol. The summed E-state index contributed by atoms with van der Waals surface area (Å²) in [6, 6.07) is 4.33. The van der Waals surface area contributed by atoms with Crippen LogP contribution in [0.1, 0.15) is 31.2 Å². The molecule has 1 aliphatic carbocycles. The Balaban J connectivity index is 1.96. The van der Waals surface area contributed by atoms with Gasteiger partial charge in [-0.25, -0.2) is 13.2 Å². The molecule has 1 saturated carbocycles. The van der Waals surface area contributed by atoms with Crippen molar-refractivity contribution in [1.82, 2.24) is 0 Å². The Morgan fingerprint density at radius 3 is 2.53 bits per heavy atom. The van der Waals surface area contributed by atoms with E-state index in [1.807, 2.05) is 0 Å². The van der Waals surface area contributed by atoms with Crippen molar-refractivity contribution in [2.75, 3.05) is 0 Å². The largest absolute Gasteiger partial charge is 0.327 e. The lowest BCUT2D eigenvalue weighted by molar-refractivity contribution is -0.0481. The third-order valence-corrected chi connectivity index (χ3v) is 4.58. The van der Waals surface area contributed by atoms with Crippen LogP contribution in [0.3, 0.4) is 0 Å². The first-order chi connectivity index (χ1) is 8.87. The van der Waals surface area contributed by atoms with E-state index in [0.29, 0.717) is 23.7 Å². The molecular formula is C14H17BrF3N. The molecule has 0 aliphatic heterocycles. The van der Waals surface area contributed by atoms with E-state index in [0.717, 1.165) is 5.56 Å². The van der Waals surface area contributed by atoms with Crippen molar-refractivity contribution in [2.45, 2.75) is 44.1 Å². The highest BCUT2D eigenvalue weighted by molar-refractivity contribution is 9.10. The van der Waals surface area contributed by atoms with Gasteiger partial charge < -0.3 is 5.73 Å². The number of alkyl halides is 2. The Bertz CT molecular complexity index is 440. The fourth-order valence-corrected chi connectivity index (χ4v) is 3.11. The molecule has 0 aromatic heterocycles. The van der Waals surface area contributed by atoms with Gasteiger partial charge in [0.05, 0.1) is 0 Å². The van der Waals surface area contributed by atoms with Gasteiger partial charge in [0.2, 0.25) is 5.92 Å². The van der Waals surface area contributed by atoms with Crippen LogP contribution in [0.5, 0.6) is 0 Å². The fraction of sp³-hybridized carbons (Fsp3) is 0.571. The Hall–Kier alpha value is -0.550. The molecule has 2 N–H and O–H groups in total. The Kier molecular flexibility index (Phi) is 4.56. The van der Waals surface area contributed by atoms with Gasteiger partial charge in [0.15, 0.2) is 0 Å². The molecule has 1 nitrogen and oxygen atoms in total. The number of benzene rings is 1. The summed E-state index contributed by atoms with van der Waals surface area (Å²) in [5.74, 6) is -2.70. The third kappa shape index (κ3) is 3.96. The second kappa shape index (κ2) is 5.83. The van der Waals surface area contributed by atoms with Crippen LogP contribution in [0.25, 0.3) is 0 Å². The molecule has 1 aliphatic rings. The highest BCUT2D eigenvalue weighted by atomic mass is 79.9. The van der Waals surface area contributed by atoms with Crippen LogP contribution in [0.4, 0.5) is 13.2 Å². The van der Waals surface area contributed by atoms with Gasteiger partial charge in [-0.15, -0.1) is 0 Å². The number of hydrogen-bond donors (Lipinski definition) is 1. The molecule has 1 aromatic rings. The van der Waals surface area contributed by atoms with Crippen LogP contribution in [-0.4, -0.2) is 12.0 Å². The van der Waals surface area contributed by atoms with Gasteiger partial charge in [-0.3, -0.25) is 0 Å². The van der Waals surface area contributed by atoms with Crippen LogP contribution in [0, 0.1) is 11.7 Å². The first-order valence-electron chi connectivity index (χ1n) is 6.45. The van der Waals surface area contributed by atoms with Crippen LogP contribution >= 0.6 is 15.9 Å². The normalized spacial score (nSPS) is 21.3. The van der Waals surface area contributed by atoms with Crippen LogP contribution in [0.15, 0.2) is 22.7 Å². The molecule has 1 aromatic carbocycles. The Morgan fingerprint density at radius 2 is 1.95 bits per heavy atom. The summed E-state index contributed by atoms with van der Waals surface area (Å²) in [7, 11) is 0. The van der Waals surface area contributed by atoms with Crippen molar-refractivity contribution in [2.24, 2.45) is 11.7 Å². The minimum Gasteiger partial charge on any atom is -0.327 e. The molecule has 0 saturated heterocycles. The lowest BCUT2D eigenvalue weighted by Crippen LogP contribution is -2.37. The summed E-state index contributed by atoms with van der Waals surface area (Å²) >= 11 is 3.30. The first-order valence-corrected chi connectivity index (χ1v) is 7.24. The molecule has 0 heterocycles. The lowest BCUT2D eigenvalue weighted by atomic mass is 9.80. The van der Waals surface area contributed by atoms with E-state index in [1.54, 1.807) is 6.07 Å². The summed E-state index contributed by atoms with van der Waals surface area (Å²) < 4.78 is 39.8. The lowest BCUT2D eigenvalue weighted by Gasteiger charge is -2.32. The zero-order valence-electron chi connectivity index (χ0n) is 10.5. The van der Waals surface area contributed by atoms with Crippen LogP contribution in [-0.2, 0) is 6.42 Å². The van der Waals surface area contributed by atoms with Crippen molar-refractivity contribution in [1.29, 1.82) is 0 Å². The van der Waals surface area contributed by atoms with Gasteiger partial charge in [0.1, 0.15) is 5.82 Å². The zero-order valence-corrected chi connectivity index (χ0v) is 12.1. The van der Waals surface area contributed by atoms with Gasteiger partial charge in [-0.2, -0.15) is 0 Å². The maximum Gasteiger partial charge on any atom is 0.248 e. The SMILES string of the molecule is NC(Cc1ccc(F)cc1Br)C1CCC(F)(F)CC1. The Labute approximate surface area is 119 Å². The van der Waals surface area contributed by atoms with E-state index in [9.17, 15) is 13.2 Å². The van der Waals surface area contributed by atoms with E-state index in [-0.39, 0.29) is 30.6 Å². The molecule has 0 bridgehead atoms. The second-order valence-corrected chi connectivity index (χ2v) is 6.15. The molecule has 5 heteroatoms. The summed E-state index contributed by atoms with van der Waals surface area (Å²) in [6.07, 6.45) is 1.36. The number of halogens is 4. The molecule has 0 radical (unpaired) electrons. The molecule has 2 rings (SSSR count). The van der Waals surface area contributed by atoms with Gasteiger partial charge >= 0.3 is 0 Å². The van der Waals surface area contributed by atoms with E-state index < -0.39 is 5.92 Å². The van der Waals surface area contributed by atoms with Gasteiger partial charge in [0, 0.05) is 23.4 Å². The summed E-state index contributed by atoms with van der Waals surface area (Å²) in [5, 5.41) is 0. The van der Waals surface area contributed by atoms with E-state index in [4.69, 9.17) is 5.73 Å². The summed E-state index contributed by atoms with van der Waals surface area (Å²) in [6.45, 7) is 0. The molecular weight excluding hydrogens is 319 g/mol. The predicted octanol–water partition coefficient (Wildman–Crippen LogP) is 4.28. The number of rotatable bonds is 3. The first kappa shape index (κ1) is 14.9. The van der Waals surface area contributed by atoms with Gasteiger partial charge in [-0.05, 0) is 42.9 Å². The highest BCUT2D eigenvalue weighted by Crippen LogP contribution is 2.37. The summed E-state index contributed by atoms with van der Waals surface area (Å²) in [4.78, 5) is 0. The minimum absolute atomic E-state index is 0.0735. The van der Waals surface area contributed by atoms with Crippen molar-refractivity contribution in [3.63, 3.8) is 0 Å². The van der Waals surface area contributed by atoms with Crippen molar-refractivity contribution < 1.29 is 13.2 Å².